The molecule has 6 nitrogen and oxygen atoms in total. The van der Waals surface area contributed by atoms with Crippen LogP contribution >= 0.6 is 0 Å². The molecule has 0 saturated carbocycles. The summed E-state index contributed by atoms with van der Waals surface area (Å²) in [5, 5.41) is 6.11. The minimum Gasteiger partial charge on any atom is -0.494 e. The molecule has 0 aliphatic heterocycles. The summed E-state index contributed by atoms with van der Waals surface area (Å²) >= 11 is 0. The maximum absolute atomic E-state index is 11.5. The number of amides is 1. The molecule has 0 radical (unpaired) electrons. The summed E-state index contributed by atoms with van der Waals surface area (Å²) in [5.41, 5.74) is 0. The molecule has 0 aliphatic rings. The van der Waals surface area contributed by atoms with Gasteiger partial charge in [0.25, 0.3) is 0 Å². The lowest BCUT2D eigenvalue weighted by molar-refractivity contribution is -0.116. The Hall–Kier alpha value is -2.37. The van der Waals surface area contributed by atoms with Gasteiger partial charge in [-0.15, -0.1) is 0 Å². The standard InChI is InChI=1S/C13H15N3O3/c1-10-14-13(19-16-10)15-12(17)8-5-9-18-11-6-3-2-4-7-11/h2-4,6-7H,5,8-9H2,1H3,(H,14,15,16,17). The van der Waals surface area contributed by atoms with E-state index in [1.165, 1.54) is 0 Å². The zero-order valence-electron chi connectivity index (χ0n) is 10.6. The first-order valence-electron chi connectivity index (χ1n) is 6.02. The molecule has 0 saturated heterocycles. The minimum atomic E-state index is -0.166. The van der Waals surface area contributed by atoms with Crippen molar-refractivity contribution in [2.24, 2.45) is 0 Å². The summed E-state index contributed by atoms with van der Waals surface area (Å²) in [7, 11) is 0. The molecule has 1 amide bonds. The van der Waals surface area contributed by atoms with Crippen molar-refractivity contribution in [3.05, 3.63) is 36.2 Å². The molecule has 0 spiro atoms. The smallest absolute Gasteiger partial charge is 0.328 e. The molecular formula is C13H15N3O3. The van der Waals surface area contributed by atoms with E-state index in [-0.39, 0.29) is 11.9 Å². The van der Waals surface area contributed by atoms with Crippen LogP contribution in [0.3, 0.4) is 0 Å². The molecule has 1 aromatic heterocycles. The van der Waals surface area contributed by atoms with E-state index in [1.807, 2.05) is 30.3 Å². The first-order valence-corrected chi connectivity index (χ1v) is 6.02. The van der Waals surface area contributed by atoms with Gasteiger partial charge in [0.05, 0.1) is 6.61 Å². The number of aryl methyl sites for hydroxylation is 1. The summed E-state index contributed by atoms with van der Waals surface area (Å²) in [4.78, 5) is 15.4. The minimum absolute atomic E-state index is 0.131. The van der Waals surface area contributed by atoms with Crippen molar-refractivity contribution in [3.63, 3.8) is 0 Å². The van der Waals surface area contributed by atoms with Crippen molar-refractivity contribution in [1.29, 1.82) is 0 Å². The fraction of sp³-hybridized carbons (Fsp3) is 0.308. The Morgan fingerprint density at radius 1 is 1.37 bits per heavy atom. The average Bonchev–Trinajstić information content (AvgIpc) is 2.81. The van der Waals surface area contributed by atoms with Crippen LogP contribution in [0.4, 0.5) is 6.01 Å². The SMILES string of the molecule is Cc1noc(NC(=O)CCCOc2ccccc2)n1. The Morgan fingerprint density at radius 3 is 2.84 bits per heavy atom. The molecule has 2 aromatic rings. The van der Waals surface area contributed by atoms with Gasteiger partial charge in [-0.05, 0) is 25.5 Å². The highest BCUT2D eigenvalue weighted by Gasteiger charge is 2.07. The first kappa shape index (κ1) is 13.1. The number of aromatic nitrogens is 2. The summed E-state index contributed by atoms with van der Waals surface area (Å²) < 4.78 is 10.3. The molecule has 1 aromatic carbocycles. The molecule has 0 aliphatic carbocycles. The highest BCUT2D eigenvalue weighted by Crippen LogP contribution is 2.09. The molecule has 1 N–H and O–H groups in total. The Morgan fingerprint density at radius 2 is 2.16 bits per heavy atom. The third kappa shape index (κ3) is 4.42. The topological polar surface area (TPSA) is 77.2 Å². The van der Waals surface area contributed by atoms with Crippen LogP contribution in [0.25, 0.3) is 0 Å². The predicted molar refractivity (Wildman–Crippen MR) is 68.8 cm³/mol. The van der Waals surface area contributed by atoms with Crippen molar-refractivity contribution in [2.75, 3.05) is 11.9 Å². The lowest BCUT2D eigenvalue weighted by atomic mass is 10.3. The van der Waals surface area contributed by atoms with E-state index in [0.717, 1.165) is 5.75 Å². The van der Waals surface area contributed by atoms with Crippen LogP contribution in [0, 0.1) is 6.92 Å². The van der Waals surface area contributed by atoms with Gasteiger partial charge in [-0.1, -0.05) is 23.4 Å². The maximum atomic E-state index is 11.5. The van der Waals surface area contributed by atoms with E-state index in [0.29, 0.717) is 25.3 Å². The number of ether oxygens (including phenoxy) is 1. The lowest BCUT2D eigenvalue weighted by Crippen LogP contribution is -2.13. The van der Waals surface area contributed by atoms with Crippen LogP contribution in [-0.4, -0.2) is 22.7 Å². The molecule has 6 heteroatoms. The van der Waals surface area contributed by atoms with Crippen LogP contribution in [-0.2, 0) is 4.79 Å². The van der Waals surface area contributed by atoms with Crippen LogP contribution in [0.2, 0.25) is 0 Å². The Kier molecular flexibility index (Phi) is 4.49. The molecule has 1 heterocycles. The summed E-state index contributed by atoms with van der Waals surface area (Å²) in [5.74, 6) is 1.12. The third-order valence-corrected chi connectivity index (χ3v) is 2.33. The number of nitrogens with one attached hydrogen (secondary N) is 1. The fourth-order valence-corrected chi connectivity index (χ4v) is 1.47. The monoisotopic (exact) mass is 261 g/mol. The van der Waals surface area contributed by atoms with Gasteiger partial charge in [-0.25, -0.2) is 0 Å². The largest absolute Gasteiger partial charge is 0.494 e. The van der Waals surface area contributed by atoms with E-state index < -0.39 is 0 Å². The number of anilines is 1. The number of hydrogen-bond acceptors (Lipinski definition) is 5. The Balaban J connectivity index is 1.64. The van der Waals surface area contributed by atoms with E-state index in [2.05, 4.69) is 15.5 Å². The van der Waals surface area contributed by atoms with Gasteiger partial charge in [0.2, 0.25) is 5.91 Å². The quantitative estimate of drug-likeness (QED) is 0.806. The number of benzene rings is 1. The van der Waals surface area contributed by atoms with Crippen molar-refractivity contribution in [1.82, 2.24) is 10.1 Å². The van der Waals surface area contributed by atoms with Crippen molar-refractivity contribution in [2.45, 2.75) is 19.8 Å². The first-order chi connectivity index (χ1) is 9.24. The summed E-state index contributed by atoms with van der Waals surface area (Å²) in [6, 6.07) is 9.61. The molecule has 0 fully saturated rings. The molecule has 2 rings (SSSR count). The van der Waals surface area contributed by atoms with Crippen LogP contribution in [0.15, 0.2) is 34.9 Å². The number of hydrogen-bond donors (Lipinski definition) is 1. The van der Waals surface area contributed by atoms with Gasteiger partial charge in [-0.2, -0.15) is 4.98 Å². The molecule has 100 valence electrons. The Bertz CT molecular complexity index is 525. The molecule has 0 bridgehead atoms. The fourth-order valence-electron chi connectivity index (χ4n) is 1.47. The molecule has 19 heavy (non-hydrogen) atoms. The number of nitrogens with zero attached hydrogens (tertiary/aromatic N) is 2. The predicted octanol–water partition coefficient (Wildman–Crippen LogP) is 2.18. The molecule has 0 unspecified atom stereocenters. The second-order valence-corrected chi connectivity index (χ2v) is 3.96. The van der Waals surface area contributed by atoms with Gasteiger partial charge in [0, 0.05) is 6.42 Å². The highest BCUT2D eigenvalue weighted by molar-refractivity contribution is 5.88. The zero-order chi connectivity index (χ0) is 13.5. The maximum Gasteiger partial charge on any atom is 0.328 e. The zero-order valence-corrected chi connectivity index (χ0v) is 10.6. The van der Waals surface area contributed by atoms with E-state index in [9.17, 15) is 4.79 Å². The van der Waals surface area contributed by atoms with Gasteiger partial charge in [-0.3, -0.25) is 10.1 Å². The molecular weight excluding hydrogens is 246 g/mol. The van der Waals surface area contributed by atoms with Crippen molar-refractivity contribution in [3.8, 4) is 5.75 Å². The van der Waals surface area contributed by atoms with Crippen molar-refractivity contribution < 1.29 is 14.1 Å². The number of carbonyl (C=O) groups is 1. The van der Waals surface area contributed by atoms with Crippen LogP contribution < -0.4 is 10.1 Å². The molecule has 0 atom stereocenters. The van der Waals surface area contributed by atoms with Crippen molar-refractivity contribution >= 4 is 11.9 Å². The summed E-state index contributed by atoms with van der Waals surface area (Å²) in [6.07, 6.45) is 0.960. The van der Waals surface area contributed by atoms with Crippen LogP contribution in [0.1, 0.15) is 18.7 Å². The lowest BCUT2D eigenvalue weighted by Gasteiger charge is -2.05. The van der Waals surface area contributed by atoms with Gasteiger partial charge in [0.1, 0.15) is 5.75 Å². The average molecular weight is 261 g/mol. The van der Waals surface area contributed by atoms with Crippen LogP contribution in [0.5, 0.6) is 5.75 Å². The van der Waals surface area contributed by atoms with E-state index in [4.69, 9.17) is 9.26 Å². The third-order valence-electron chi connectivity index (χ3n) is 2.33. The van der Waals surface area contributed by atoms with Gasteiger partial charge >= 0.3 is 6.01 Å². The second kappa shape index (κ2) is 6.53. The number of rotatable bonds is 6. The van der Waals surface area contributed by atoms with Gasteiger partial charge < -0.3 is 9.26 Å². The highest BCUT2D eigenvalue weighted by atomic mass is 16.5. The van der Waals surface area contributed by atoms with E-state index >= 15 is 0 Å². The second-order valence-electron chi connectivity index (χ2n) is 3.96. The Labute approximate surface area is 110 Å². The summed E-state index contributed by atoms with van der Waals surface area (Å²) in [6.45, 7) is 2.17. The normalized spacial score (nSPS) is 10.2. The number of carbonyl (C=O) groups excluding carboxylic acids is 1. The van der Waals surface area contributed by atoms with E-state index in [1.54, 1.807) is 6.92 Å². The van der Waals surface area contributed by atoms with Gasteiger partial charge in [0.15, 0.2) is 5.82 Å². The number of para-hydroxylation sites is 1.